The second-order valence-corrected chi connectivity index (χ2v) is 10.8. The minimum absolute atomic E-state index is 0.399. The molecule has 0 bridgehead atoms. The summed E-state index contributed by atoms with van der Waals surface area (Å²) in [5.41, 5.74) is 3.31. The van der Waals surface area contributed by atoms with Gasteiger partial charge in [-0.05, 0) is 61.0 Å². The average Bonchev–Trinajstić information content (AvgIpc) is 3.40. The standard InChI is InChI=1S/C24H38N6.C2H2/c1-16(24(3,4)5)12-30-13-19-9-18(10-20(19)14-30)11-25-23-8-7-22(26-27-23)21-15-29(6)28-17(21)2;1-2/h7-8,15-16,18-20H,9-14H2,1-6H3,(H,25,27);1-2H. The van der Waals surface area contributed by atoms with Gasteiger partial charge in [-0.25, -0.2) is 0 Å². The molecule has 3 unspecified atom stereocenters. The van der Waals surface area contributed by atoms with E-state index in [0.29, 0.717) is 5.41 Å². The maximum atomic E-state index is 4.41. The second-order valence-electron chi connectivity index (χ2n) is 10.8. The molecule has 2 aromatic rings. The Kier molecular flexibility index (Phi) is 7.61. The van der Waals surface area contributed by atoms with Gasteiger partial charge in [0.25, 0.3) is 0 Å². The summed E-state index contributed by atoms with van der Waals surface area (Å²) in [7, 11) is 1.93. The lowest BCUT2D eigenvalue weighted by atomic mass is 9.82. The molecule has 2 aromatic heterocycles. The van der Waals surface area contributed by atoms with Crippen molar-refractivity contribution in [2.75, 3.05) is 31.5 Å². The van der Waals surface area contributed by atoms with Gasteiger partial charge in [-0.3, -0.25) is 4.68 Å². The third kappa shape index (κ3) is 5.69. The fourth-order valence-electron chi connectivity index (χ4n) is 5.17. The van der Waals surface area contributed by atoms with Crippen LogP contribution in [0.25, 0.3) is 11.3 Å². The van der Waals surface area contributed by atoms with Crippen molar-refractivity contribution < 1.29 is 0 Å². The lowest BCUT2D eigenvalue weighted by molar-refractivity contribution is 0.173. The number of anilines is 1. The van der Waals surface area contributed by atoms with Gasteiger partial charge in [-0.1, -0.05) is 27.7 Å². The third-order valence-corrected chi connectivity index (χ3v) is 7.46. The van der Waals surface area contributed by atoms with Crippen LogP contribution in [0.2, 0.25) is 0 Å². The van der Waals surface area contributed by atoms with E-state index in [4.69, 9.17) is 0 Å². The molecule has 6 nitrogen and oxygen atoms in total. The van der Waals surface area contributed by atoms with E-state index in [0.717, 1.165) is 53.0 Å². The van der Waals surface area contributed by atoms with Crippen LogP contribution in [-0.2, 0) is 7.05 Å². The highest BCUT2D eigenvalue weighted by molar-refractivity contribution is 5.61. The Morgan fingerprint density at radius 3 is 2.28 bits per heavy atom. The van der Waals surface area contributed by atoms with Crippen LogP contribution in [0.4, 0.5) is 5.82 Å². The topological polar surface area (TPSA) is 58.9 Å². The molecule has 32 heavy (non-hydrogen) atoms. The molecule has 0 amide bonds. The molecule has 0 spiro atoms. The number of rotatable bonds is 6. The number of aromatic nitrogens is 4. The largest absolute Gasteiger partial charge is 0.368 e. The van der Waals surface area contributed by atoms with Crippen LogP contribution in [0.5, 0.6) is 0 Å². The Labute approximate surface area is 194 Å². The molecule has 1 aliphatic carbocycles. The summed E-state index contributed by atoms with van der Waals surface area (Å²) in [6.07, 6.45) is 12.7. The normalized spacial score (nSPS) is 23.9. The second kappa shape index (κ2) is 10.0. The van der Waals surface area contributed by atoms with Crippen molar-refractivity contribution in [2.45, 2.75) is 47.5 Å². The Balaban J connectivity index is 0.00000141. The molecule has 2 fully saturated rings. The van der Waals surface area contributed by atoms with E-state index in [1.165, 1.54) is 32.5 Å². The van der Waals surface area contributed by atoms with Gasteiger partial charge in [0.1, 0.15) is 5.82 Å². The molecule has 174 valence electrons. The van der Waals surface area contributed by atoms with E-state index in [1.807, 2.05) is 37.0 Å². The average molecular weight is 437 g/mol. The Morgan fingerprint density at radius 1 is 1.12 bits per heavy atom. The van der Waals surface area contributed by atoms with E-state index in [2.05, 4.69) is 66.1 Å². The van der Waals surface area contributed by atoms with Gasteiger partial charge in [0, 0.05) is 45.0 Å². The number of hydrogen-bond acceptors (Lipinski definition) is 5. The Bertz CT molecular complexity index is 877. The van der Waals surface area contributed by atoms with Crippen LogP contribution >= 0.6 is 0 Å². The number of fused-ring (bicyclic) bond motifs is 1. The van der Waals surface area contributed by atoms with Gasteiger partial charge in [-0.2, -0.15) is 5.10 Å². The zero-order valence-corrected chi connectivity index (χ0v) is 20.7. The molecule has 2 aliphatic rings. The highest BCUT2D eigenvalue weighted by Crippen LogP contribution is 2.42. The Morgan fingerprint density at radius 2 is 1.78 bits per heavy atom. The maximum absolute atomic E-state index is 4.41. The first-order chi connectivity index (χ1) is 15.2. The third-order valence-electron chi connectivity index (χ3n) is 7.46. The summed E-state index contributed by atoms with van der Waals surface area (Å²) in [5.74, 6) is 4.13. The van der Waals surface area contributed by atoms with Crippen molar-refractivity contribution in [2.24, 2.45) is 36.1 Å². The molecule has 1 saturated heterocycles. The molecule has 3 atom stereocenters. The van der Waals surface area contributed by atoms with Crippen molar-refractivity contribution in [3.8, 4) is 24.1 Å². The fourth-order valence-corrected chi connectivity index (χ4v) is 5.17. The SMILES string of the molecule is C#C.Cc1nn(C)cc1-c1ccc(NCC2CC3CN(CC(C)C(C)(C)C)CC3C2)nn1. The van der Waals surface area contributed by atoms with Crippen LogP contribution in [0, 0.1) is 48.9 Å². The Hall–Kier alpha value is -2.39. The van der Waals surface area contributed by atoms with Crippen molar-refractivity contribution in [1.82, 2.24) is 24.9 Å². The van der Waals surface area contributed by atoms with E-state index in [1.54, 1.807) is 0 Å². The molecule has 0 radical (unpaired) electrons. The number of nitrogens with one attached hydrogen (secondary N) is 1. The van der Waals surface area contributed by atoms with Gasteiger partial charge >= 0.3 is 0 Å². The fraction of sp³-hybridized carbons (Fsp3) is 0.654. The van der Waals surface area contributed by atoms with E-state index in [9.17, 15) is 0 Å². The quantitative estimate of drug-likeness (QED) is 0.676. The van der Waals surface area contributed by atoms with Gasteiger partial charge < -0.3 is 10.2 Å². The van der Waals surface area contributed by atoms with E-state index >= 15 is 0 Å². The summed E-state index contributed by atoms with van der Waals surface area (Å²) < 4.78 is 1.82. The number of nitrogens with zero attached hydrogens (tertiary/aromatic N) is 5. The first-order valence-electron chi connectivity index (χ1n) is 11.8. The number of likely N-dealkylation sites (tertiary alicyclic amines) is 1. The molecule has 4 rings (SSSR count). The summed E-state index contributed by atoms with van der Waals surface area (Å²) in [6, 6.07) is 4.08. The van der Waals surface area contributed by atoms with Crippen LogP contribution < -0.4 is 5.32 Å². The van der Waals surface area contributed by atoms with Crippen molar-refractivity contribution in [3.05, 3.63) is 24.0 Å². The number of terminal acetylenes is 1. The van der Waals surface area contributed by atoms with Gasteiger partial charge in [-0.15, -0.1) is 23.0 Å². The van der Waals surface area contributed by atoms with Crippen molar-refractivity contribution in [3.63, 3.8) is 0 Å². The van der Waals surface area contributed by atoms with E-state index < -0.39 is 0 Å². The first kappa shape index (κ1) is 24.3. The summed E-state index contributed by atoms with van der Waals surface area (Å²) in [4.78, 5) is 2.72. The van der Waals surface area contributed by atoms with Gasteiger partial charge in [0.2, 0.25) is 0 Å². The minimum Gasteiger partial charge on any atom is -0.368 e. The van der Waals surface area contributed by atoms with Gasteiger partial charge in [0.15, 0.2) is 0 Å². The highest BCUT2D eigenvalue weighted by Gasteiger charge is 2.41. The molecular formula is C26H40N6. The summed E-state index contributed by atoms with van der Waals surface area (Å²) in [5, 5.41) is 16.7. The van der Waals surface area contributed by atoms with Gasteiger partial charge in [0.05, 0.1) is 11.4 Å². The van der Waals surface area contributed by atoms with Crippen molar-refractivity contribution in [1.29, 1.82) is 0 Å². The predicted octanol–water partition coefficient (Wildman–Crippen LogP) is 4.49. The van der Waals surface area contributed by atoms with Crippen LogP contribution in [0.1, 0.15) is 46.2 Å². The number of aryl methyl sites for hydroxylation is 2. The smallest absolute Gasteiger partial charge is 0.148 e. The lowest BCUT2D eigenvalue weighted by Crippen LogP contribution is -2.33. The lowest BCUT2D eigenvalue weighted by Gasteiger charge is -2.31. The number of hydrogen-bond donors (Lipinski definition) is 1. The minimum atomic E-state index is 0.399. The van der Waals surface area contributed by atoms with E-state index in [-0.39, 0.29) is 0 Å². The maximum Gasteiger partial charge on any atom is 0.148 e. The molecule has 1 aliphatic heterocycles. The summed E-state index contributed by atoms with van der Waals surface area (Å²) >= 11 is 0. The zero-order valence-electron chi connectivity index (χ0n) is 20.7. The zero-order chi connectivity index (χ0) is 23.5. The monoisotopic (exact) mass is 436 g/mol. The van der Waals surface area contributed by atoms with Crippen LogP contribution in [-0.4, -0.2) is 51.1 Å². The molecule has 0 aromatic carbocycles. The molecule has 6 heteroatoms. The predicted molar refractivity (Wildman–Crippen MR) is 132 cm³/mol. The molecular weight excluding hydrogens is 396 g/mol. The molecule has 1 N–H and O–H groups in total. The molecule has 3 heterocycles. The molecule has 1 saturated carbocycles. The van der Waals surface area contributed by atoms with Crippen molar-refractivity contribution >= 4 is 5.82 Å². The highest BCUT2D eigenvalue weighted by atomic mass is 15.3. The van der Waals surface area contributed by atoms with Crippen LogP contribution in [0.15, 0.2) is 18.3 Å². The first-order valence-corrected chi connectivity index (χ1v) is 11.8. The van der Waals surface area contributed by atoms with Crippen LogP contribution in [0.3, 0.4) is 0 Å². The summed E-state index contributed by atoms with van der Waals surface area (Å²) in [6.45, 7) is 16.3.